The van der Waals surface area contributed by atoms with Gasteiger partial charge in [0.1, 0.15) is 18.0 Å². The molecule has 53 heavy (non-hydrogen) atoms. The fourth-order valence-electron chi connectivity index (χ4n) is 7.48. The second-order valence-corrected chi connectivity index (χ2v) is 13.4. The van der Waals surface area contributed by atoms with Gasteiger partial charge in [0.15, 0.2) is 0 Å². The van der Waals surface area contributed by atoms with E-state index in [0.29, 0.717) is 5.56 Å². The first-order valence-corrected chi connectivity index (χ1v) is 17.4. The number of phenolic OH excluding ortho intramolecular Hbond substituents is 1. The Kier molecular flexibility index (Phi) is 9.70. The molecule has 0 saturated carbocycles. The third kappa shape index (κ3) is 6.96. The number of benzene rings is 4. The minimum Gasteiger partial charge on any atom is -0.508 e. The molecule has 12 heteroatoms. The molecule has 0 bridgehead atoms. The fraction of sp³-hybridized carbons (Fsp3) is 0.220. The molecule has 4 aromatic carbocycles. The van der Waals surface area contributed by atoms with Gasteiger partial charge in [0.25, 0.3) is 0 Å². The Morgan fingerprint density at radius 3 is 2.38 bits per heavy atom. The molecule has 2 aliphatic rings. The van der Waals surface area contributed by atoms with Gasteiger partial charge >= 0.3 is 6.03 Å². The highest BCUT2D eigenvalue weighted by Crippen LogP contribution is 2.35. The smallest absolute Gasteiger partial charge is 0.334 e. The normalized spacial score (nSPS) is 17.6. The number of para-hydroxylation sites is 1. The van der Waals surface area contributed by atoms with Gasteiger partial charge in [-0.1, -0.05) is 78.9 Å². The predicted molar refractivity (Wildman–Crippen MR) is 201 cm³/mol. The number of carbonyl (C=O) groups is 4. The number of piperazine rings is 1. The van der Waals surface area contributed by atoms with E-state index in [1.165, 1.54) is 0 Å². The van der Waals surface area contributed by atoms with Gasteiger partial charge in [0.2, 0.25) is 17.7 Å². The summed E-state index contributed by atoms with van der Waals surface area (Å²) < 4.78 is 2.02. The van der Waals surface area contributed by atoms with Gasteiger partial charge < -0.3 is 30.5 Å². The van der Waals surface area contributed by atoms with E-state index in [0.717, 1.165) is 38.7 Å². The zero-order valence-electron chi connectivity index (χ0n) is 29.4. The van der Waals surface area contributed by atoms with E-state index in [4.69, 9.17) is 5.73 Å². The van der Waals surface area contributed by atoms with Gasteiger partial charge in [-0.3, -0.25) is 14.4 Å². The molecular formula is C41H41N7O5. The first kappa shape index (κ1) is 35.0. The van der Waals surface area contributed by atoms with Gasteiger partial charge in [-0.2, -0.15) is 0 Å². The largest absolute Gasteiger partial charge is 0.508 e. The minimum absolute atomic E-state index is 0.0747. The maximum absolute atomic E-state index is 14.6. The Labute approximate surface area is 307 Å². The Morgan fingerprint density at radius 1 is 0.943 bits per heavy atom. The van der Waals surface area contributed by atoms with E-state index in [2.05, 4.69) is 11.9 Å². The quantitative estimate of drug-likeness (QED) is 0.184. The number of urea groups is 1. The summed E-state index contributed by atoms with van der Waals surface area (Å²) in [4.78, 5) is 57.7. The van der Waals surface area contributed by atoms with Crippen LogP contribution in [0.3, 0.4) is 0 Å². The zero-order valence-corrected chi connectivity index (χ0v) is 29.4. The molecular weight excluding hydrogens is 670 g/mol. The minimum atomic E-state index is -0.909. The van der Waals surface area contributed by atoms with Gasteiger partial charge in [0.05, 0.1) is 18.6 Å². The molecule has 2 atom stereocenters. The number of rotatable bonds is 10. The van der Waals surface area contributed by atoms with Gasteiger partial charge in [0, 0.05) is 55.8 Å². The van der Waals surface area contributed by atoms with E-state index in [9.17, 15) is 24.3 Å². The third-order valence-corrected chi connectivity index (χ3v) is 9.96. The zero-order chi connectivity index (χ0) is 37.2. The van der Waals surface area contributed by atoms with Crippen LogP contribution in [0, 0.1) is 0 Å². The maximum atomic E-state index is 14.6. The van der Waals surface area contributed by atoms with Crippen molar-refractivity contribution in [3.05, 3.63) is 138 Å². The number of carbonyl (C=O) groups excluding carboxylic acids is 4. The Bertz CT molecular complexity index is 2180. The van der Waals surface area contributed by atoms with Crippen LogP contribution in [0.2, 0.25) is 0 Å². The topological polar surface area (TPSA) is 144 Å². The molecule has 0 aliphatic carbocycles. The van der Waals surface area contributed by atoms with Crippen molar-refractivity contribution in [3.8, 4) is 16.9 Å². The first-order valence-electron chi connectivity index (χ1n) is 17.4. The van der Waals surface area contributed by atoms with Crippen LogP contribution in [0.4, 0.5) is 4.79 Å². The molecule has 2 fully saturated rings. The van der Waals surface area contributed by atoms with Crippen LogP contribution in [0.15, 0.2) is 116 Å². The Morgan fingerprint density at radius 2 is 1.68 bits per heavy atom. The van der Waals surface area contributed by atoms with Gasteiger partial charge in [-0.25, -0.2) is 14.8 Å². The monoisotopic (exact) mass is 711 g/mol. The summed E-state index contributed by atoms with van der Waals surface area (Å²) >= 11 is 0. The summed E-state index contributed by atoms with van der Waals surface area (Å²) in [6.45, 7) is 4.59. The highest BCUT2D eigenvalue weighted by Gasteiger charge is 2.51. The predicted octanol–water partition coefficient (Wildman–Crippen LogP) is 4.39. The maximum Gasteiger partial charge on any atom is 0.334 e. The number of nitrogens with zero attached hydrogens (tertiary/aromatic N) is 5. The highest BCUT2D eigenvalue weighted by molar-refractivity contribution is 5.99. The van der Waals surface area contributed by atoms with Crippen molar-refractivity contribution in [2.45, 2.75) is 31.7 Å². The number of aromatic hydroxyl groups is 1. The van der Waals surface area contributed by atoms with Crippen molar-refractivity contribution in [1.82, 2.24) is 29.7 Å². The van der Waals surface area contributed by atoms with E-state index in [1.54, 1.807) is 62.3 Å². The number of aromatic nitrogens is 1. The molecule has 0 spiro atoms. The summed E-state index contributed by atoms with van der Waals surface area (Å²) in [5, 5.41) is 17.2. The number of hydrogen-bond acceptors (Lipinski definition) is 6. The lowest BCUT2D eigenvalue weighted by molar-refractivity contribution is -0.189. The molecule has 5 aromatic rings. The van der Waals surface area contributed by atoms with Gasteiger partial charge in [-0.15, -0.1) is 6.58 Å². The van der Waals surface area contributed by atoms with Crippen LogP contribution < -0.4 is 11.1 Å². The number of fused-ring (bicyclic) bond motifs is 2. The summed E-state index contributed by atoms with van der Waals surface area (Å²) in [6, 6.07) is 27.9. The second kappa shape index (κ2) is 14.7. The van der Waals surface area contributed by atoms with Crippen LogP contribution in [0.25, 0.3) is 22.0 Å². The number of hydrazine groups is 1. The van der Waals surface area contributed by atoms with Crippen LogP contribution in [0.1, 0.15) is 27.0 Å². The second-order valence-electron chi connectivity index (χ2n) is 13.4. The van der Waals surface area contributed by atoms with Gasteiger partial charge in [-0.05, 0) is 46.5 Å². The van der Waals surface area contributed by atoms with E-state index in [-0.39, 0.29) is 56.7 Å². The number of aryl methyl sites for hydroxylation is 1. The molecule has 4 N–H and O–H groups in total. The molecule has 5 amide bonds. The van der Waals surface area contributed by atoms with Crippen LogP contribution in [-0.4, -0.2) is 85.1 Å². The average molecular weight is 712 g/mol. The number of nitrogens with one attached hydrogen (secondary N) is 1. The summed E-state index contributed by atoms with van der Waals surface area (Å²) in [5.74, 6) is -0.905. The molecule has 0 radical (unpaired) electrons. The molecule has 7 rings (SSSR count). The van der Waals surface area contributed by atoms with Crippen molar-refractivity contribution in [2.24, 2.45) is 12.8 Å². The number of primary amides is 1. The van der Waals surface area contributed by atoms with Crippen LogP contribution >= 0.6 is 0 Å². The molecule has 3 heterocycles. The summed E-state index contributed by atoms with van der Waals surface area (Å²) in [6.07, 6.45) is 3.05. The highest BCUT2D eigenvalue weighted by atomic mass is 16.3. The van der Waals surface area contributed by atoms with Crippen molar-refractivity contribution < 1.29 is 24.3 Å². The van der Waals surface area contributed by atoms with Crippen LogP contribution in [-0.2, 0) is 36.1 Å². The van der Waals surface area contributed by atoms with Crippen molar-refractivity contribution in [3.63, 3.8) is 0 Å². The standard InChI is InChI=1S/C41H41N7O5/c1-3-20-46-26-37(50)47-35(21-27-12-18-32(49)19-13-27)40(52)45(25-36(47)48(46)41(53)43-22-28-8-5-4-6-9-28)23-31-10-7-11-33-34(24-44(2)38(31)33)29-14-16-30(17-15-29)39(42)51/h3-19,24,35-36,49H,1,20-23,25-26H2,2H3,(H2,42,51)(H,43,53)/t35-,36-/m0/s1. The lowest BCUT2D eigenvalue weighted by atomic mass is 9.97. The number of amides is 5. The van der Waals surface area contributed by atoms with E-state index in [1.807, 2.05) is 78.5 Å². The number of hydrogen-bond donors (Lipinski definition) is 3. The first-order chi connectivity index (χ1) is 25.6. The van der Waals surface area contributed by atoms with Crippen molar-refractivity contribution >= 4 is 34.7 Å². The summed E-state index contributed by atoms with van der Waals surface area (Å²) in [5.41, 5.74) is 11.3. The fourth-order valence-corrected chi connectivity index (χ4v) is 7.48. The number of phenols is 1. The van der Waals surface area contributed by atoms with E-state index >= 15 is 0 Å². The van der Waals surface area contributed by atoms with E-state index < -0.39 is 24.1 Å². The average Bonchev–Trinajstić information content (AvgIpc) is 3.50. The van der Waals surface area contributed by atoms with Crippen molar-refractivity contribution in [2.75, 3.05) is 19.6 Å². The molecule has 1 aromatic heterocycles. The lowest BCUT2D eigenvalue weighted by Gasteiger charge is -2.55. The lowest BCUT2D eigenvalue weighted by Crippen LogP contribution is -2.76. The molecule has 0 unspecified atom stereocenters. The molecule has 2 saturated heterocycles. The molecule has 2 aliphatic heterocycles. The Hall–Kier alpha value is -6.40. The SMILES string of the molecule is C=CCN1CC(=O)N2[C@@H](Cc3ccc(O)cc3)C(=O)N(Cc3cccc4c(-c5ccc(C(N)=O)cc5)cn(C)c34)C[C@@H]2N1C(=O)NCc1ccccc1. The van der Waals surface area contributed by atoms with Crippen LogP contribution in [0.5, 0.6) is 5.75 Å². The summed E-state index contributed by atoms with van der Waals surface area (Å²) in [7, 11) is 1.95. The van der Waals surface area contributed by atoms with Crippen molar-refractivity contribution in [1.29, 1.82) is 0 Å². The Balaban J connectivity index is 1.26. The molecule has 270 valence electrons. The number of nitrogens with two attached hydrogens (primary N) is 1. The third-order valence-electron chi connectivity index (χ3n) is 9.96. The molecule has 12 nitrogen and oxygen atoms in total.